The number of rotatable bonds is 7. The second-order valence-electron chi connectivity index (χ2n) is 4.02. The van der Waals surface area contributed by atoms with Gasteiger partial charge in [-0.3, -0.25) is 9.59 Å². The second-order valence-corrected chi connectivity index (χ2v) is 4.02. The third-order valence-corrected chi connectivity index (χ3v) is 2.40. The van der Waals surface area contributed by atoms with E-state index in [-0.39, 0.29) is 12.5 Å². The molecule has 0 bridgehead atoms. The molecule has 18 heavy (non-hydrogen) atoms. The zero-order valence-corrected chi connectivity index (χ0v) is 10.5. The van der Waals surface area contributed by atoms with Gasteiger partial charge < -0.3 is 16.4 Å². The molecule has 1 rings (SSSR count). The Morgan fingerprint density at radius 1 is 1.33 bits per heavy atom. The number of primary amides is 1. The third-order valence-electron chi connectivity index (χ3n) is 2.40. The molecule has 5 nitrogen and oxygen atoms in total. The first-order valence-electron chi connectivity index (χ1n) is 5.99. The Hall–Kier alpha value is -1.88. The summed E-state index contributed by atoms with van der Waals surface area (Å²) >= 11 is 0. The monoisotopic (exact) mass is 249 g/mol. The lowest BCUT2D eigenvalue weighted by atomic mass is 10.1. The van der Waals surface area contributed by atoms with Crippen LogP contribution in [0.4, 0.5) is 0 Å². The van der Waals surface area contributed by atoms with Crippen molar-refractivity contribution in [2.75, 3.05) is 13.1 Å². The zero-order chi connectivity index (χ0) is 13.4. The van der Waals surface area contributed by atoms with E-state index in [1.807, 2.05) is 13.0 Å². The molecule has 0 aliphatic rings. The minimum atomic E-state index is -0.447. The van der Waals surface area contributed by atoms with Crippen LogP contribution in [0.15, 0.2) is 24.3 Å². The molecule has 0 radical (unpaired) electrons. The first-order valence-corrected chi connectivity index (χ1v) is 5.99. The SMILES string of the molecule is CCCNC(=O)CNCc1cccc(C(N)=O)c1. The van der Waals surface area contributed by atoms with Gasteiger partial charge in [-0.1, -0.05) is 19.1 Å². The molecule has 0 unspecified atom stereocenters. The van der Waals surface area contributed by atoms with Crippen molar-refractivity contribution in [2.45, 2.75) is 19.9 Å². The maximum Gasteiger partial charge on any atom is 0.248 e. The van der Waals surface area contributed by atoms with Gasteiger partial charge in [-0.2, -0.15) is 0 Å². The van der Waals surface area contributed by atoms with E-state index < -0.39 is 5.91 Å². The standard InChI is InChI=1S/C13H19N3O2/c1-2-6-16-12(17)9-15-8-10-4-3-5-11(7-10)13(14)18/h3-5,7,15H,2,6,8-9H2,1H3,(H2,14,18)(H,16,17). The van der Waals surface area contributed by atoms with Crippen molar-refractivity contribution < 1.29 is 9.59 Å². The van der Waals surface area contributed by atoms with Crippen molar-refractivity contribution in [1.82, 2.24) is 10.6 Å². The summed E-state index contributed by atoms with van der Waals surface area (Å²) in [6, 6.07) is 7.04. The molecule has 0 aliphatic heterocycles. The largest absolute Gasteiger partial charge is 0.366 e. The Balaban J connectivity index is 2.37. The molecule has 0 saturated carbocycles. The number of nitrogens with two attached hydrogens (primary N) is 1. The minimum absolute atomic E-state index is 0.0251. The lowest BCUT2D eigenvalue weighted by Crippen LogP contribution is -2.33. The first kappa shape index (κ1) is 14.2. The summed E-state index contributed by atoms with van der Waals surface area (Å²) in [5, 5.41) is 5.78. The van der Waals surface area contributed by atoms with E-state index in [0.717, 1.165) is 12.0 Å². The van der Waals surface area contributed by atoms with Crippen LogP contribution in [0, 0.1) is 0 Å². The molecule has 0 atom stereocenters. The summed E-state index contributed by atoms with van der Waals surface area (Å²) in [4.78, 5) is 22.3. The smallest absolute Gasteiger partial charge is 0.248 e. The van der Waals surface area contributed by atoms with Crippen LogP contribution >= 0.6 is 0 Å². The lowest BCUT2D eigenvalue weighted by Gasteiger charge is -2.06. The van der Waals surface area contributed by atoms with Crippen LogP contribution in [0.3, 0.4) is 0 Å². The van der Waals surface area contributed by atoms with E-state index in [1.165, 1.54) is 0 Å². The Morgan fingerprint density at radius 2 is 2.11 bits per heavy atom. The predicted molar refractivity (Wildman–Crippen MR) is 70.0 cm³/mol. The molecule has 0 fully saturated rings. The quantitative estimate of drug-likeness (QED) is 0.654. The maximum absolute atomic E-state index is 11.3. The fraction of sp³-hybridized carbons (Fsp3) is 0.385. The van der Waals surface area contributed by atoms with Crippen LogP contribution in [0.5, 0.6) is 0 Å². The summed E-state index contributed by atoms with van der Waals surface area (Å²) in [7, 11) is 0. The molecule has 1 aromatic rings. The predicted octanol–water partition coefficient (Wildman–Crippen LogP) is 0.401. The van der Waals surface area contributed by atoms with Crippen molar-refractivity contribution in [3.8, 4) is 0 Å². The van der Waals surface area contributed by atoms with E-state index in [1.54, 1.807) is 18.2 Å². The van der Waals surface area contributed by atoms with Crippen LogP contribution in [-0.4, -0.2) is 24.9 Å². The summed E-state index contributed by atoms with van der Waals surface area (Å²) in [5.41, 5.74) is 6.59. The van der Waals surface area contributed by atoms with Gasteiger partial charge in [0.05, 0.1) is 6.54 Å². The summed E-state index contributed by atoms with van der Waals surface area (Å²) in [6.07, 6.45) is 0.923. The van der Waals surface area contributed by atoms with Gasteiger partial charge in [0.1, 0.15) is 0 Å². The molecule has 0 heterocycles. The average molecular weight is 249 g/mol. The highest BCUT2D eigenvalue weighted by atomic mass is 16.2. The van der Waals surface area contributed by atoms with Crippen molar-refractivity contribution >= 4 is 11.8 Å². The molecular weight excluding hydrogens is 230 g/mol. The number of hydrogen-bond acceptors (Lipinski definition) is 3. The van der Waals surface area contributed by atoms with Crippen LogP contribution in [-0.2, 0) is 11.3 Å². The zero-order valence-electron chi connectivity index (χ0n) is 10.5. The Morgan fingerprint density at radius 3 is 2.78 bits per heavy atom. The molecule has 5 heteroatoms. The Kier molecular flexibility index (Phi) is 5.87. The van der Waals surface area contributed by atoms with Gasteiger partial charge in [-0.05, 0) is 24.1 Å². The van der Waals surface area contributed by atoms with Gasteiger partial charge in [-0.25, -0.2) is 0 Å². The third kappa shape index (κ3) is 4.97. The van der Waals surface area contributed by atoms with Crippen LogP contribution < -0.4 is 16.4 Å². The van der Waals surface area contributed by atoms with Gasteiger partial charge in [0.15, 0.2) is 0 Å². The van der Waals surface area contributed by atoms with E-state index in [0.29, 0.717) is 18.7 Å². The Bertz CT molecular complexity index is 418. The molecule has 0 saturated heterocycles. The Labute approximate surface area is 107 Å². The van der Waals surface area contributed by atoms with Gasteiger partial charge in [-0.15, -0.1) is 0 Å². The second kappa shape index (κ2) is 7.45. The van der Waals surface area contributed by atoms with Crippen molar-refractivity contribution in [2.24, 2.45) is 5.73 Å². The highest BCUT2D eigenvalue weighted by Crippen LogP contribution is 2.04. The summed E-state index contributed by atoms with van der Waals surface area (Å²) < 4.78 is 0. The molecule has 2 amide bonds. The molecule has 0 aromatic heterocycles. The number of carbonyl (C=O) groups excluding carboxylic acids is 2. The van der Waals surface area contributed by atoms with Gasteiger partial charge >= 0.3 is 0 Å². The van der Waals surface area contributed by atoms with Crippen LogP contribution in [0.2, 0.25) is 0 Å². The summed E-state index contributed by atoms with van der Waals surface area (Å²) in [5.74, 6) is -0.472. The maximum atomic E-state index is 11.3. The topological polar surface area (TPSA) is 84.2 Å². The van der Waals surface area contributed by atoms with Crippen LogP contribution in [0.1, 0.15) is 29.3 Å². The number of hydrogen-bond donors (Lipinski definition) is 3. The molecular formula is C13H19N3O2. The van der Waals surface area contributed by atoms with Crippen molar-refractivity contribution in [3.63, 3.8) is 0 Å². The van der Waals surface area contributed by atoms with Gasteiger partial charge in [0.2, 0.25) is 11.8 Å². The average Bonchev–Trinajstić information content (AvgIpc) is 2.36. The van der Waals surface area contributed by atoms with E-state index in [4.69, 9.17) is 5.73 Å². The van der Waals surface area contributed by atoms with Crippen molar-refractivity contribution in [1.29, 1.82) is 0 Å². The number of benzene rings is 1. The lowest BCUT2D eigenvalue weighted by molar-refractivity contribution is -0.120. The highest BCUT2D eigenvalue weighted by Gasteiger charge is 2.02. The van der Waals surface area contributed by atoms with Crippen molar-refractivity contribution in [3.05, 3.63) is 35.4 Å². The fourth-order valence-corrected chi connectivity index (χ4v) is 1.48. The van der Waals surface area contributed by atoms with E-state index >= 15 is 0 Å². The van der Waals surface area contributed by atoms with E-state index in [9.17, 15) is 9.59 Å². The molecule has 0 spiro atoms. The number of carbonyl (C=O) groups is 2. The molecule has 98 valence electrons. The minimum Gasteiger partial charge on any atom is -0.366 e. The molecule has 4 N–H and O–H groups in total. The molecule has 0 aliphatic carbocycles. The summed E-state index contributed by atoms with van der Waals surface area (Å²) in [6.45, 7) is 3.49. The fourth-order valence-electron chi connectivity index (χ4n) is 1.48. The first-order chi connectivity index (χ1) is 8.63. The normalized spacial score (nSPS) is 10.1. The number of nitrogens with one attached hydrogen (secondary N) is 2. The highest BCUT2D eigenvalue weighted by molar-refractivity contribution is 5.92. The van der Waals surface area contributed by atoms with Crippen LogP contribution in [0.25, 0.3) is 0 Å². The van der Waals surface area contributed by atoms with E-state index in [2.05, 4.69) is 10.6 Å². The van der Waals surface area contributed by atoms with Gasteiger partial charge in [0, 0.05) is 18.7 Å². The molecule has 1 aromatic carbocycles. The van der Waals surface area contributed by atoms with Gasteiger partial charge in [0.25, 0.3) is 0 Å². The number of amides is 2.